The van der Waals surface area contributed by atoms with Gasteiger partial charge in [-0.25, -0.2) is 9.18 Å². The fourth-order valence-electron chi connectivity index (χ4n) is 2.72. The van der Waals surface area contributed by atoms with E-state index >= 15 is 0 Å². The number of aryl methyl sites for hydroxylation is 1. The van der Waals surface area contributed by atoms with Gasteiger partial charge in [0.1, 0.15) is 5.60 Å². The van der Waals surface area contributed by atoms with Gasteiger partial charge in [0, 0.05) is 38.3 Å². The zero-order chi connectivity index (χ0) is 22.9. The summed E-state index contributed by atoms with van der Waals surface area (Å²) in [5.74, 6) is -2.14. The highest BCUT2D eigenvalue weighted by Gasteiger charge is 2.49. The van der Waals surface area contributed by atoms with Crippen LogP contribution in [0, 0.1) is 12.7 Å². The number of carbonyl (C=O) groups is 1. The first kappa shape index (κ1) is 24.2. The molecule has 1 aromatic carbocycles. The second-order valence-corrected chi connectivity index (χ2v) is 9.45. The third-order valence-corrected chi connectivity index (χ3v) is 5.22. The maximum atomic E-state index is 14.4. The monoisotopic (exact) mass is 456 g/mol. The Morgan fingerprint density at radius 3 is 2.17 bits per heavy atom. The van der Waals surface area contributed by atoms with Gasteiger partial charge in [0.2, 0.25) is 0 Å². The van der Waals surface area contributed by atoms with Crippen molar-refractivity contribution in [3.05, 3.63) is 29.1 Å². The first-order valence-corrected chi connectivity index (χ1v) is 10.5. The summed E-state index contributed by atoms with van der Waals surface area (Å²) < 4.78 is 84.6. The summed E-state index contributed by atoms with van der Waals surface area (Å²) >= 11 is 0. The van der Waals surface area contributed by atoms with Crippen molar-refractivity contribution in [3.63, 3.8) is 0 Å². The molecule has 0 aromatic heterocycles. The molecule has 1 aliphatic rings. The summed E-state index contributed by atoms with van der Waals surface area (Å²) in [6.07, 6.45) is -0.483. The lowest BCUT2D eigenvalue weighted by atomic mass is 10.1. The number of nitrogens with zero attached hydrogens (tertiary/aromatic N) is 2. The molecule has 1 aliphatic heterocycles. The van der Waals surface area contributed by atoms with Gasteiger partial charge in [0.05, 0.1) is 0 Å². The van der Waals surface area contributed by atoms with Gasteiger partial charge in [0.25, 0.3) is 0 Å². The average molecular weight is 456 g/mol. The van der Waals surface area contributed by atoms with Crippen LogP contribution in [-0.4, -0.2) is 61.6 Å². The molecule has 1 fully saturated rings. The van der Waals surface area contributed by atoms with E-state index in [9.17, 15) is 30.8 Å². The molecule has 0 bridgehead atoms. The molecular formula is C18H24F4N2O5S. The van der Waals surface area contributed by atoms with Crippen LogP contribution < -0.4 is 4.18 Å². The summed E-state index contributed by atoms with van der Waals surface area (Å²) in [5.41, 5.74) is -6.43. The van der Waals surface area contributed by atoms with Gasteiger partial charge < -0.3 is 13.8 Å². The number of hydrogen-bond acceptors (Lipinski definition) is 6. The Kier molecular flexibility index (Phi) is 6.92. The molecule has 2 rings (SSSR count). The van der Waals surface area contributed by atoms with Crippen LogP contribution in [0.15, 0.2) is 12.1 Å². The van der Waals surface area contributed by atoms with Crippen molar-refractivity contribution in [1.82, 2.24) is 9.80 Å². The lowest BCUT2D eigenvalue weighted by Gasteiger charge is -2.35. The smallest absolute Gasteiger partial charge is 0.444 e. The van der Waals surface area contributed by atoms with E-state index in [0.717, 1.165) is 0 Å². The predicted octanol–water partition coefficient (Wildman–Crippen LogP) is 3.42. The summed E-state index contributed by atoms with van der Waals surface area (Å²) in [6, 6.07) is 2.65. The average Bonchev–Trinajstić information content (AvgIpc) is 2.59. The quantitative estimate of drug-likeness (QED) is 0.393. The first-order valence-electron chi connectivity index (χ1n) is 9.10. The van der Waals surface area contributed by atoms with Crippen LogP contribution in [0.1, 0.15) is 31.9 Å². The van der Waals surface area contributed by atoms with E-state index in [2.05, 4.69) is 4.18 Å². The molecule has 0 radical (unpaired) electrons. The third-order valence-electron chi connectivity index (χ3n) is 4.27. The van der Waals surface area contributed by atoms with Crippen molar-refractivity contribution in [2.24, 2.45) is 0 Å². The van der Waals surface area contributed by atoms with Crippen molar-refractivity contribution in [1.29, 1.82) is 0 Å². The lowest BCUT2D eigenvalue weighted by Crippen LogP contribution is -2.49. The highest BCUT2D eigenvalue weighted by molar-refractivity contribution is 7.88. The molecule has 0 unspecified atom stereocenters. The molecule has 0 spiro atoms. The van der Waals surface area contributed by atoms with Crippen LogP contribution >= 0.6 is 0 Å². The highest BCUT2D eigenvalue weighted by Crippen LogP contribution is 2.33. The van der Waals surface area contributed by atoms with Gasteiger partial charge in [0.15, 0.2) is 11.6 Å². The standard InChI is InChI=1S/C18H24F4N2O5S/c1-12-5-6-13(15(14(12)19)29-30(26,27)18(20,21)22)11-23-7-9-24(10-8-23)16(25)28-17(2,3)4/h5-6H,7-11H2,1-4H3. The van der Waals surface area contributed by atoms with Crippen LogP contribution in [0.4, 0.5) is 22.4 Å². The van der Waals surface area contributed by atoms with E-state index in [0.29, 0.717) is 26.2 Å². The van der Waals surface area contributed by atoms with Gasteiger partial charge in [-0.05, 0) is 33.3 Å². The van der Waals surface area contributed by atoms with E-state index < -0.39 is 38.9 Å². The minimum absolute atomic E-state index is 0.0448. The minimum atomic E-state index is -6.02. The number of halogens is 4. The summed E-state index contributed by atoms with van der Waals surface area (Å²) in [7, 11) is -6.02. The molecule has 170 valence electrons. The zero-order valence-corrected chi connectivity index (χ0v) is 17.9. The molecule has 12 heteroatoms. The molecule has 1 heterocycles. The van der Waals surface area contributed by atoms with Crippen LogP contribution in [-0.2, 0) is 21.4 Å². The Labute approximate surface area is 172 Å². The van der Waals surface area contributed by atoms with Crippen LogP contribution in [0.25, 0.3) is 0 Å². The largest absolute Gasteiger partial charge is 0.534 e. The molecule has 0 atom stereocenters. The zero-order valence-electron chi connectivity index (χ0n) is 17.0. The number of piperazine rings is 1. The molecular weight excluding hydrogens is 432 g/mol. The first-order chi connectivity index (χ1) is 13.6. The van der Waals surface area contributed by atoms with E-state index in [-0.39, 0.29) is 17.7 Å². The van der Waals surface area contributed by atoms with Gasteiger partial charge >= 0.3 is 21.7 Å². The predicted molar refractivity (Wildman–Crippen MR) is 99.8 cm³/mol. The van der Waals surface area contributed by atoms with E-state index in [1.165, 1.54) is 24.0 Å². The molecule has 1 saturated heterocycles. The number of amides is 1. The van der Waals surface area contributed by atoms with Crippen LogP contribution in [0.2, 0.25) is 0 Å². The Morgan fingerprint density at radius 2 is 1.67 bits per heavy atom. The van der Waals surface area contributed by atoms with Gasteiger partial charge in [-0.2, -0.15) is 21.6 Å². The van der Waals surface area contributed by atoms with Crippen molar-refractivity contribution in [3.8, 4) is 5.75 Å². The number of hydrogen-bond donors (Lipinski definition) is 0. The second kappa shape index (κ2) is 8.58. The Morgan fingerprint density at radius 1 is 1.10 bits per heavy atom. The van der Waals surface area contributed by atoms with Crippen molar-refractivity contribution in [2.45, 2.75) is 45.3 Å². The number of rotatable bonds is 4. The molecule has 1 aromatic rings. The second-order valence-electron chi connectivity index (χ2n) is 7.91. The number of benzene rings is 1. The van der Waals surface area contributed by atoms with E-state index in [1.54, 1.807) is 25.7 Å². The van der Waals surface area contributed by atoms with Crippen LogP contribution in [0.5, 0.6) is 5.75 Å². The van der Waals surface area contributed by atoms with Crippen molar-refractivity contribution >= 4 is 16.2 Å². The SMILES string of the molecule is Cc1ccc(CN2CCN(C(=O)OC(C)(C)C)CC2)c(OS(=O)(=O)C(F)(F)F)c1F. The summed E-state index contributed by atoms with van der Waals surface area (Å²) in [6.45, 7) is 7.70. The van der Waals surface area contributed by atoms with Gasteiger partial charge in [-0.15, -0.1) is 0 Å². The molecule has 0 N–H and O–H groups in total. The van der Waals surface area contributed by atoms with E-state index in [4.69, 9.17) is 4.74 Å². The molecule has 1 amide bonds. The summed E-state index contributed by atoms with van der Waals surface area (Å²) in [5, 5.41) is 0. The van der Waals surface area contributed by atoms with Crippen LogP contribution in [0.3, 0.4) is 0 Å². The molecule has 7 nitrogen and oxygen atoms in total. The maximum absolute atomic E-state index is 14.4. The fourth-order valence-corrected chi connectivity index (χ4v) is 3.22. The highest BCUT2D eigenvalue weighted by atomic mass is 32.2. The van der Waals surface area contributed by atoms with E-state index in [1.807, 2.05) is 0 Å². The number of alkyl halides is 3. The Hall–Kier alpha value is -2.08. The Balaban J connectivity index is 2.13. The van der Waals surface area contributed by atoms with Crippen molar-refractivity contribution < 1.29 is 39.7 Å². The third kappa shape index (κ3) is 5.97. The topological polar surface area (TPSA) is 76.2 Å². The maximum Gasteiger partial charge on any atom is 0.534 e. The molecule has 30 heavy (non-hydrogen) atoms. The number of ether oxygens (including phenoxy) is 1. The van der Waals surface area contributed by atoms with Gasteiger partial charge in [-0.1, -0.05) is 12.1 Å². The molecule has 0 aliphatic carbocycles. The lowest BCUT2D eigenvalue weighted by molar-refractivity contribution is -0.0501. The fraction of sp³-hybridized carbons (Fsp3) is 0.611. The number of carbonyl (C=O) groups excluding carboxylic acids is 1. The minimum Gasteiger partial charge on any atom is -0.444 e. The molecule has 0 saturated carbocycles. The summed E-state index contributed by atoms with van der Waals surface area (Å²) in [4.78, 5) is 15.3. The normalized spacial score (nSPS) is 16.5. The Bertz CT molecular complexity index is 889. The van der Waals surface area contributed by atoms with Crippen molar-refractivity contribution in [2.75, 3.05) is 26.2 Å². The van der Waals surface area contributed by atoms with Gasteiger partial charge in [-0.3, -0.25) is 4.90 Å².